The van der Waals surface area contributed by atoms with Crippen LogP contribution in [-0.2, 0) is 9.59 Å². The van der Waals surface area contributed by atoms with Gasteiger partial charge in [0.15, 0.2) is 6.61 Å². The molecule has 2 amide bonds. The minimum Gasteiger partial charge on any atom is -0.483 e. The molecule has 2 N–H and O–H groups in total. The molecule has 0 bridgehead atoms. The van der Waals surface area contributed by atoms with Crippen LogP contribution in [0.1, 0.15) is 22.6 Å². The minimum absolute atomic E-state index is 0.232. The molecule has 0 aliphatic rings. The molecule has 6 heteroatoms. The van der Waals surface area contributed by atoms with Gasteiger partial charge in [0.05, 0.1) is 5.92 Å². The van der Waals surface area contributed by atoms with E-state index in [2.05, 4.69) is 10.9 Å². The normalized spacial score (nSPS) is 10.4. The van der Waals surface area contributed by atoms with Crippen LogP contribution in [0.25, 0.3) is 0 Å². The summed E-state index contributed by atoms with van der Waals surface area (Å²) in [6.07, 6.45) is 0. The standard InChI is InChI=1S/C23H21ClN2O3/c1-16-14-19(24)12-13-20(16)29-15-21(27)25-26-23(28)22(17-8-4-2-5-9-17)18-10-6-3-7-11-18/h2-14,22H,15H2,1H3,(H,25,27)(H,26,28). The van der Waals surface area contributed by atoms with Crippen molar-refractivity contribution in [2.45, 2.75) is 12.8 Å². The Morgan fingerprint density at radius 1 is 0.897 bits per heavy atom. The fourth-order valence-corrected chi connectivity index (χ4v) is 3.17. The quantitative estimate of drug-likeness (QED) is 0.605. The summed E-state index contributed by atoms with van der Waals surface area (Å²) in [7, 11) is 0. The van der Waals surface area contributed by atoms with E-state index in [1.54, 1.807) is 18.2 Å². The van der Waals surface area contributed by atoms with Gasteiger partial charge >= 0.3 is 0 Å². The fraction of sp³-hybridized carbons (Fsp3) is 0.130. The largest absolute Gasteiger partial charge is 0.483 e. The molecule has 29 heavy (non-hydrogen) atoms. The molecule has 0 saturated heterocycles. The van der Waals surface area contributed by atoms with Crippen LogP contribution in [0.5, 0.6) is 5.75 Å². The number of carbonyl (C=O) groups excluding carboxylic acids is 2. The second kappa shape index (κ2) is 9.75. The van der Waals surface area contributed by atoms with Crippen molar-refractivity contribution < 1.29 is 14.3 Å². The first-order chi connectivity index (χ1) is 14.0. The van der Waals surface area contributed by atoms with Gasteiger partial charge in [0.1, 0.15) is 5.75 Å². The van der Waals surface area contributed by atoms with Crippen molar-refractivity contribution in [3.63, 3.8) is 0 Å². The smallest absolute Gasteiger partial charge is 0.276 e. The predicted molar refractivity (Wildman–Crippen MR) is 113 cm³/mol. The number of nitrogens with one attached hydrogen (secondary N) is 2. The van der Waals surface area contributed by atoms with E-state index in [1.165, 1.54) is 0 Å². The average molecular weight is 409 g/mol. The molecule has 148 valence electrons. The first kappa shape index (κ1) is 20.4. The van der Waals surface area contributed by atoms with Gasteiger partial charge in [0, 0.05) is 5.02 Å². The number of halogens is 1. The summed E-state index contributed by atoms with van der Waals surface area (Å²) in [5.74, 6) is -0.787. The van der Waals surface area contributed by atoms with Crippen molar-refractivity contribution in [2.24, 2.45) is 0 Å². The summed E-state index contributed by atoms with van der Waals surface area (Å²) < 4.78 is 5.49. The Morgan fingerprint density at radius 2 is 1.48 bits per heavy atom. The lowest BCUT2D eigenvalue weighted by Gasteiger charge is -2.18. The molecule has 0 heterocycles. The number of aryl methyl sites for hydroxylation is 1. The van der Waals surface area contributed by atoms with E-state index in [-0.39, 0.29) is 12.5 Å². The average Bonchev–Trinajstić information content (AvgIpc) is 2.73. The van der Waals surface area contributed by atoms with Gasteiger partial charge in [-0.05, 0) is 41.8 Å². The van der Waals surface area contributed by atoms with Crippen molar-refractivity contribution in [3.05, 3.63) is 101 Å². The molecule has 0 aromatic heterocycles. The number of amides is 2. The van der Waals surface area contributed by atoms with Crippen LogP contribution in [0.3, 0.4) is 0 Å². The van der Waals surface area contributed by atoms with E-state index >= 15 is 0 Å². The number of hydrogen-bond donors (Lipinski definition) is 2. The Labute approximate surface area is 174 Å². The van der Waals surface area contributed by atoms with Crippen LogP contribution in [0, 0.1) is 6.92 Å². The molecule has 0 saturated carbocycles. The first-order valence-corrected chi connectivity index (χ1v) is 9.50. The molecule has 3 rings (SSSR count). The van der Waals surface area contributed by atoms with Crippen molar-refractivity contribution in [1.29, 1.82) is 0 Å². The number of ether oxygens (including phenoxy) is 1. The molecule has 0 aliphatic heterocycles. The predicted octanol–water partition coefficient (Wildman–Crippen LogP) is 4.01. The number of benzene rings is 3. The van der Waals surface area contributed by atoms with Crippen molar-refractivity contribution in [1.82, 2.24) is 10.9 Å². The van der Waals surface area contributed by atoms with Gasteiger partial charge in [-0.3, -0.25) is 20.4 Å². The highest BCUT2D eigenvalue weighted by Gasteiger charge is 2.22. The lowest BCUT2D eigenvalue weighted by atomic mass is 9.91. The third-order valence-electron chi connectivity index (χ3n) is 4.35. The molecular formula is C23H21ClN2O3. The van der Waals surface area contributed by atoms with Crippen molar-refractivity contribution in [2.75, 3.05) is 6.61 Å². The molecule has 3 aromatic rings. The number of rotatable bonds is 6. The maximum Gasteiger partial charge on any atom is 0.276 e. The summed E-state index contributed by atoms with van der Waals surface area (Å²) in [5, 5.41) is 0.597. The van der Waals surface area contributed by atoms with Crippen LogP contribution in [0.2, 0.25) is 5.02 Å². The highest BCUT2D eigenvalue weighted by molar-refractivity contribution is 6.30. The van der Waals surface area contributed by atoms with Crippen molar-refractivity contribution >= 4 is 23.4 Å². The maximum atomic E-state index is 12.8. The van der Waals surface area contributed by atoms with Gasteiger partial charge in [-0.1, -0.05) is 72.3 Å². The zero-order valence-electron chi connectivity index (χ0n) is 15.9. The molecule has 0 atom stereocenters. The lowest BCUT2D eigenvalue weighted by Crippen LogP contribution is -2.46. The lowest BCUT2D eigenvalue weighted by molar-refractivity contribution is -0.130. The molecule has 3 aromatic carbocycles. The molecule has 0 spiro atoms. The molecule has 0 fully saturated rings. The fourth-order valence-electron chi connectivity index (χ4n) is 2.94. The summed E-state index contributed by atoms with van der Waals surface area (Å²) in [5.41, 5.74) is 7.40. The number of hydrogen-bond acceptors (Lipinski definition) is 3. The number of carbonyl (C=O) groups is 2. The Bertz CT molecular complexity index is 938. The summed E-state index contributed by atoms with van der Waals surface area (Å²) in [4.78, 5) is 25.0. The maximum absolute atomic E-state index is 12.8. The van der Waals surface area contributed by atoms with E-state index in [4.69, 9.17) is 16.3 Å². The third kappa shape index (κ3) is 5.59. The van der Waals surface area contributed by atoms with Gasteiger partial charge in [-0.15, -0.1) is 0 Å². The van der Waals surface area contributed by atoms with Crippen LogP contribution in [0.4, 0.5) is 0 Å². The van der Waals surface area contributed by atoms with Crippen LogP contribution < -0.4 is 15.6 Å². The molecule has 0 unspecified atom stereocenters. The molecule has 0 aliphatic carbocycles. The highest BCUT2D eigenvalue weighted by atomic mass is 35.5. The molecule has 0 radical (unpaired) electrons. The van der Waals surface area contributed by atoms with Crippen molar-refractivity contribution in [3.8, 4) is 5.75 Å². The first-order valence-electron chi connectivity index (χ1n) is 9.12. The summed E-state index contributed by atoms with van der Waals surface area (Å²) in [6.45, 7) is 1.61. The van der Waals surface area contributed by atoms with Gasteiger partial charge in [0.2, 0.25) is 5.91 Å². The van der Waals surface area contributed by atoms with Gasteiger partial charge < -0.3 is 4.74 Å². The van der Waals surface area contributed by atoms with E-state index in [0.717, 1.165) is 16.7 Å². The van der Waals surface area contributed by atoms with Crippen LogP contribution in [0.15, 0.2) is 78.9 Å². The Balaban J connectivity index is 1.62. The Morgan fingerprint density at radius 3 is 2.03 bits per heavy atom. The molecular weight excluding hydrogens is 388 g/mol. The van der Waals surface area contributed by atoms with Gasteiger partial charge in [0.25, 0.3) is 5.91 Å². The topological polar surface area (TPSA) is 67.4 Å². The monoisotopic (exact) mass is 408 g/mol. The summed E-state index contributed by atoms with van der Waals surface area (Å²) in [6, 6.07) is 23.9. The Hall–Kier alpha value is -3.31. The van der Waals surface area contributed by atoms with E-state index < -0.39 is 11.8 Å². The molecule has 5 nitrogen and oxygen atoms in total. The zero-order valence-corrected chi connectivity index (χ0v) is 16.6. The third-order valence-corrected chi connectivity index (χ3v) is 4.58. The SMILES string of the molecule is Cc1cc(Cl)ccc1OCC(=O)NNC(=O)C(c1ccccc1)c1ccccc1. The van der Waals surface area contributed by atoms with E-state index in [0.29, 0.717) is 10.8 Å². The van der Waals surface area contributed by atoms with E-state index in [1.807, 2.05) is 67.6 Å². The van der Waals surface area contributed by atoms with E-state index in [9.17, 15) is 9.59 Å². The zero-order chi connectivity index (χ0) is 20.6. The van der Waals surface area contributed by atoms with Crippen LogP contribution in [-0.4, -0.2) is 18.4 Å². The van der Waals surface area contributed by atoms with Crippen LogP contribution >= 0.6 is 11.6 Å². The second-order valence-electron chi connectivity index (χ2n) is 6.49. The van der Waals surface area contributed by atoms with Gasteiger partial charge in [-0.2, -0.15) is 0 Å². The second-order valence-corrected chi connectivity index (χ2v) is 6.93. The highest BCUT2D eigenvalue weighted by Crippen LogP contribution is 2.24. The van der Waals surface area contributed by atoms with Gasteiger partial charge in [-0.25, -0.2) is 0 Å². The minimum atomic E-state index is -0.544. The summed E-state index contributed by atoms with van der Waals surface area (Å²) >= 11 is 5.91. The Kier molecular flexibility index (Phi) is 6.87. The number of hydrazine groups is 1.